The molecule has 4 nitrogen and oxygen atoms in total. The molecular formula is C4H6BN2O2. The maximum Gasteiger partial charge on any atom is 0.434 e. The Hall–Kier alpha value is -0.995. The average molecular weight is 125 g/mol. The van der Waals surface area contributed by atoms with Crippen molar-refractivity contribution in [2.45, 2.75) is 13.1 Å². The van der Waals surface area contributed by atoms with Crippen molar-refractivity contribution in [1.29, 1.82) is 0 Å². The Morgan fingerprint density at radius 3 is 3.11 bits per heavy atom. The zero-order chi connectivity index (χ0) is 6.69. The topological polar surface area (TPSA) is 58.9 Å². The van der Waals surface area contributed by atoms with Gasteiger partial charge < -0.3 is 4.42 Å². The average Bonchev–Trinajstić information content (AvgIpc) is 2.17. The van der Waals surface area contributed by atoms with Crippen LogP contribution in [-0.2, 0) is 6.32 Å². The van der Waals surface area contributed by atoms with Crippen LogP contribution in [0.2, 0.25) is 6.82 Å². The quantitative estimate of drug-likeness (QED) is 0.547. The second-order valence-electron chi connectivity index (χ2n) is 1.62. The molecule has 0 aliphatic carbocycles. The van der Waals surface area contributed by atoms with Gasteiger partial charge in [-0.15, -0.1) is 5.10 Å². The number of H-pyrrole nitrogens is 1. The summed E-state index contributed by atoms with van der Waals surface area (Å²) in [6.07, 6.45) is 0.596. The zero-order valence-corrected chi connectivity index (χ0v) is 5.05. The van der Waals surface area contributed by atoms with Crippen LogP contribution >= 0.6 is 0 Å². The van der Waals surface area contributed by atoms with Gasteiger partial charge in [0.2, 0.25) is 5.89 Å². The maximum atomic E-state index is 10.3. The van der Waals surface area contributed by atoms with Crippen LogP contribution in [0.3, 0.4) is 0 Å². The highest BCUT2D eigenvalue weighted by atomic mass is 16.4. The normalized spacial score (nSPS) is 9.44. The molecule has 47 valence electrons. The maximum absolute atomic E-state index is 10.3. The molecule has 0 unspecified atom stereocenters. The van der Waals surface area contributed by atoms with Gasteiger partial charge in [0, 0.05) is 0 Å². The third kappa shape index (κ3) is 1.45. The van der Waals surface area contributed by atoms with E-state index >= 15 is 0 Å². The molecule has 1 aromatic rings. The molecular weight excluding hydrogens is 119 g/mol. The molecule has 1 heterocycles. The molecule has 1 aromatic heterocycles. The highest BCUT2D eigenvalue weighted by Gasteiger charge is 1.96. The summed E-state index contributed by atoms with van der Waals surface area (Å²) < 4.78 is 4.57. The Labute approximate surface area is 52.5 Å². The number of hydrogen-bond acceptors (Lipinski definition) is 3. The standard InChI is InChI=1S/C4H6BN2O2/c1-5-2-3-6-7-4(8)9-3/h2H2,1H3,(H,7,8). The van der Waals surface area contributed by atoms with Gasteiger partial charge in [-0.05, 0) is 6.32 Å². The van der Waals surface area contributed by atoms with Crippen LogP contribution < -0.4 is 5.76 Å². The molecule has 0 bridgehead atoms. The third-order valence-electron chi connectivity index (χ3n) is 0.861. The zero-order valence-electron chi connectivity index (χ0n) is 5.05. The Kier molecular flexibility index (Phi) is 1.72. The van der Waals surface area contributed by atoms with Crippen LogP contribution in [0, 0.1) is 0 Å². The first-order chi connectivity index (χ1) is 4.33. The summed E-state index contributed by atoms with van der Waals surface area (Å²) in [6.45, 7) is 1.87. The van der Waals surface area contributed by atoms with E-state index in [-0.39, 0.29) is 0 Å². The number of aromatic nitrogens is 2. The molecule has 5 heteroatoms. The van der Waals surface area contributed by atoms with Crippen molar-refractivity contribution in [3.8, 4) is 0 Å². The van der Waals surface area contributed by atoms with Crippen molar-refractivity contribution in [2.24, 2.45) is 0 Å². The Bertz CT molecular complexity index is 228. The van der Waals surface area contributed by atoms with Crippen molar-refractivity contribution in [2.75, 3.05) is 0 Å². The second-order valence-corrected chi connectivity index (χ2v) is 1.62. The van der Waals surface area contributed by atoms with Crippen LogP contribution in [0.5, 0.6) is 0 Å². The number of rotatable bonds is 2. The lowest BCUT2D eigenvalue weighted by atomic mass is 9.78. The summed E-state index contributed by atoms with van der Waals surface area (Å²) in [5, 5.41) is 5.73. The van der Waals surface area contributed by atoms with E-state index in [0.717, 1.165) is 0 Å². The SMILES string of the molecule is C[B]Cc1n[nH]c(=O)o1. The largest absolute Gasteiger partial charge is 0.434 e. The van der Waals surface area contributed by atoms with Crippen molar-refractivity contribution >= 4 is 7.28 Å². The van der Waals surface area contributed by atoms with Gasteiger partial charge in [-0.1, -0.05) is 6.82 Å². The number of aromatic amines is 1. The van der Waals surface area contributed by atoms with Gasteiger partial charge in [0.25, 0.3) is 0 Å². The van der Waals surface area contributed by atoms with E-state index in [9.17, 15) is 4.79 Å². The van der Waals surface area contributed by atoms with Crippen molar-refractivity contribution in [3.63, 3.8) is 0 Å². The van der Waals surface area contributed by atoms with E-state index in [2.05, 4.69) is 14.6 Å². The highest BCUT2D eigenvalue weighted by molar-refractivity contribution is 6.32. The molecule has 1 N–H and O–H groups in total. The van der Waals surface area contributed by atoms with Crippen molar-refractivity contribution in [1.82, 2.24) is 10.2 Å². The van der Waals surface area contributed by atoms with E-state index in [1.165, 1.54) is 0 Å². The Morgan fingerprint density at radius 2 is 2.67 bits per heavy atom. The molecule has 0 amide bonds. The molecule has 0 fully saturated rings. The van der Waals surface area contributed by atoms with Crippen LogP contribution in [0.15, 0.2) is 9.21 Å². The van der Waals surface area contributed by atoms with Gasteiger partial charge in [-0.3, -0.25) is 0 Å². The van der Waals surface area contributed by atoms with Crippen molar-refractivity contribution in [3.05, 3.63) is 16.4 Å². The lowest BCUT2D eigenvalue weighted by molar-refractivity contribution is 0.478. The Balaban J connectivity index is 2.73. The minimum Gasteiger partial charge on any atom is -0.393 e. The Morgan fingerprint density at radius 1 is 1.89 bits per heavy atom. The van der Waals surface area contributed by atoms with Gasteiger partial charge in [0.15, 0.2) is 0 Å². The molecule has 1 radical (unpaired) electrons. The van der Waals surface area contributed by atoms with E-state index in [1.54, 1.807) is 0 Å². The van der Waals surface area contributed by atoms with Crippen LogP contribution in [0.1, 0.15) is 5.89 Å². The van der Waals surface area contributed by atoms with E-state index in [0.29, 0.717) is 12.2 Å². The number of nitrogens with zero attached hydrogens (tertiary/aromatic N) is 1. The molecule has 0 spiro atoms. The smallest absolute Gasteiger partial charge is 0.393 e. The minimum atomic E-state index is -0.494. The molecule has 0 saturated carbocycles. The van der Waals surface area contributed by atoms with Crippen LogP contribution in [0.25, 0.3) is 0 Å². The molecule has 0 aromatic carbocycles. The summed E-state index contributed by atoms with van der Waals surface area (Å²) in [6, 6.07) is 0. The monoisotopic (exact) mass is 125 g/mol. The molecule has 1 rings (SSSR count). The minimum absolute atomic E-state index is 0.433. The molecule has 9 heavy (non-hydrogen) atoms. The fourth-order valence-electron chi connectivity index (χ4n) is 0.523. The second kappa shape index (κ2) is 2.52. The van der Waals surface area contributed by atoms with Gasteiger partial charge in [-0.25, -0.2) is 9.89 Å². The first kappa shape index (κ1) is 6.13. The van der Waals surface area contributed by atoms with E-state index in [1.807, 2.05) is 14.1 Å². The first-order valence-electron chi connectivity index (χ1n) is 2.65. The molecule has 0 atom stereocenters. The van der Waals surface area contributed by atoms with E-state index < -0.39 is 5.76 Å². The van der Waals surface area contributed by atoms with Gasteiger partial charge in [0.1, 0.15) is 7.28 Å². The van der Waals surface area contributed by atoms with E-state index in [4.69, 9.17) is 0 Å². The summed E-state index contributed by atoms with van der Waals surface area (Å²) in [7, 11) is 1.86. The van der Waals surface area contributed by atoms with Gasteiger partial charge in [-0.2, -0.15) is 0 Å². The van der Waals surface area contributed by atoms with Gasteiger partial charge in [0.05, 0.1) is 0 Å². The number of hydrogen-bond donors (Lipinski definition) is 1. The summed E-state index contributed by atoms with van der Waals surface area (Å²) in [5.41, 5.74) is 0. The fraction of sp³-hybridized carbons (Fsp3) is 0.500. The molecule has 0 aliphatic rings. The summed E-state index contributed by atoms with van der Waals surface area (Å²) in [5.74, 6) is -0.0608. The van der Waals surface area contributed by atoms with Crippen LogP contribution in [-0.4, -0.2) is 17.5 Å². The predicted octanol–water partition coefficient (Wildman–Crippen LogP) is -0.385. The summed E-state index contributed by atoms with van der Waals surface area (Å²) in [4.78, 5) is 10.3. The first-order valence-corrected chi connectivity index (χ1v) is 2.65. The predicted molar refractivity (Wildman–Crippen MR) is 32.4 cm³/mol. The van der Waals surface area contributed by atoms with Crippen LogP contribution in [0.4, 0.5) is 0 Å². The number of nitrogens with one attached hydrogen (secondary N) is 1. The third-order valence-corrected chi connectivity index (χ3v) is 0.861. The molecule has 0 aliphatic heterocycles. The lowest BCUT2D eigenvalue weighted by Gasteiger charge is -1.80. The lowest BCUT2D eigenvalue weighted by Crippen LogP contribution is -1.94. The van der Waals surface area contributed by atoms with Crippen molar-refractivity contribution < 1.29 is 4.42 Å². The highest BCUT2D eigenvalue weighted by Crippen LogP contribution is 1.85. The fourth-order valence-corrected chi connectivity index (χ4v) is 0.523. The summed E-state index contributed by atoms with van der Waals surface area (Å²) >= 11 is 0. The molecule has 0 saturated heterocycles. The van der Waals surface area contributed by atoms with Gasteiger partial charge >= 0.3 is 5.76 Å².